The number of carbonyl (C=O) groups excluding carboxylic acids is 1. The first-order valence-corrected chi connectivity index (χ1v) is 13.6. The Morgan fingerprint density at radius 1 is 1.05 bits per heavy atom. The second-order valence-electron chi connectivity index (χ2n) is 10.9. The summed E-state index contributed by atoms with van der Waals surface area (Å²) >= 11 is 0. The van der Waals surface area contributed by atoms with Crippen molar-refractivity contribution in [2.24, 2.45) is 0 Å². The van der Waals surface area contributed by atoms with Crippen molar-refractivity contribution in [3.8, 4) is 22.8 Å². The summed E-state index contributed by atoms with van der Waals surface area (Å²) in [5.41, 5.74) is 2.13. The second kappa shape index (κ2) is 12.3. The molecule has 39 heavy (non-hydrogen) atoms. The maximum atomic E-state index is 13.6. The van der Waals surface area contributed by atoms with E-state index in [1.165, 1.54) is 25.7 Å². The number of aliphatic hydroxyl groups is 2. The molecule has 7 heteroatoms. The molecular formula is C32H38FNO5. The van der Waals surface area contributed by atoms with Crippen LogP contribution in [-0.4, -0.2) is 41.3 Å². The van der Waals surface area contributed by atoms with Gasteiger partial charge in [-0.25, -0.2) is 9.37 Å². The third-order valence-corrected chi connectivity index (χ3v) is 7.84. The Hall–Kier alpha value is -3.29. The number of nitrogens with zero attached hydrogens (tertiary/aromatic N) is 1. The molecule has 1 atom stereocenters. The Balaban J connectivity index is 1.60. The Morgan fingerprint density at radius 2 is 1.77 bits per heavy atom. The number of methoxy groups -OCH3 is 1. The van der Waals surface area contributed by atoms with Gasteiger partial charge in [0.2, 0.25) is 0 Å². The number of ether oxygens (including phenoxy) is 2. The molecule has 1 aromatic heterocycles. The third-order valence-electron chi connectivity index (χ3n) is 7.84. The molecule has 208 valence electrons. The van der Waals surface area contributed by atoms with Crippen molar-refractivity contribution in [3.63, 3.8) is 0 Å². The van der Waals surface area contributed by atoms with Gasteiger partial charge in [-0.2, -0.15) is 0 Å². The molecular weight excluding hydrogens is 497 g/mol. The summed E-state index contributed by atoms with van der Waals surface area (Å²) in [5.74, 6) is 0.390. The lowest BCUT2D eigenvalue weighted by Gasteiger charge is -2.35. The number of Topliss-reactive ketones (excluding diaryl/α,β-unsaturated/α-hetero) is 1. The zero-order chi connectivity index (χ0) is 28.0. The van der Waals surface area contributed by atoms with Gasteiger partial charge < -0.3 is 19.7 Å². The Bertz CT molecular complexity index is 1280. The minimum Gasteiger partial charge on any atom is -0.493 e. The van der Waals surface area contributed by atoms with Crippen molar-refractivity contribution in [2.75, 3.05) is 20.3 Å². The molecule has 3 aromatic rings. The fourth-order valence-corrected chi connectivity index (χ4v) is 5.29. The van der Waals surface area contributed by atoms with E-state index in [0.29, 0.717) is 28.5 Å². The molecule has 1 unspecified atom stereocenters. The first-order chi connectivity index (χ1) is 18.6. The number of hydrogen-bond acceptors (Lipinski definition) is 6. The number of rotatable bonds is 11. The quantitative estimate of drug-likeness (QED) is 0.278. The van der Waals surface area contributed by atoms with Gasteiger partial charge in [0.15, 0.2) is 17.3 Å². The molecule has 0 radical (unpaired) electrons. The number of ketones is 1. The van der Waals surface area contributed by atoms with Gasteiger partial charge in [-0.3, -0.25) is 4.79 Å². The zero-order valence-electron chi connectivity index (χ0n) is 23.0. The molecule has 0 aliphatic heterocycles. The predicted octanol–water partition coefficient (Wildman–Crippen LogP) is 6.36. The number of halogens is 1. The summed E-state index contributed by atoms with van der Waals surface area (Å²) < 4.78 is 24.4. The number of pyridine rings is 1. The molecule has 2 N–H and O–H groups in total. The molecule has 6 nitrogen and oxygen atoms in total. The van der Waals surface area contributed by atoms with Crippen LogP contribution in [-0.2, 0) is 11.0 Å². The number of aromatic nitrogens is 1. The van der Waals surface area contributed by atoms with Crippen LogP contribution in [0.25, 0.3) is 11.3 Å². The molecule has 0 saturated heterocycles. The molecule has 1 heterocycles. The molecule has 4 rings (SSSR count). The number of benzene rings is 2. The summed E-state index contributed by atoms with van der Waals surface area (Å²) in [5, 5.41) is 20.6. The maximum absolute atomic E-state index is 13.6. The van der Waals surface area contributed by atoms with Gasteiger partial charge in [0, 0.05) is 17.5 Å². The van der Waals surface area contributed by atoms with Crippen LogP contribution >= 0.6 is 0 Å². The average Bonchev–Trinajstić information content (AvgIpc) is 2.95. The van der Waals surface area contributed by atoms with Gasteiger partial charge in [0.25, 0.3) is 0 Å². The molecule has 0 amide bonds. The molecule has 1 fully saturated rings. The van der Waals surface area contributed by atoms with E-state index >= 15 is 0 Å². The SMILES string of the molecule is COc1cc(C(=O)CCC(C)(O)c2cc(C3(C)CCCCC3)cc(-c3ccc(F)cc3)n2)ccc1OCCO. The topological polar surface area (TPSA) is 88.9 Å². The minimum absolute atomic E-state index is 0.0347. The van der Waals surface area contributed by atoms with Crippen LogP contribution in [0, 0.1) is 5.82 Å². The van der Waals surface area contributed by atoms with E-state index in [1.54, 1.807) is 37.3 Å². The fraction of sp³-hybridized carbons (Fsp3) is 0.438. The van der Waals surface area contributed by atoms with E-state index in [0.717, 1.165) is 36.8 Å². The molecule has 1 aliphatic rings. The standard InChI is InChI=1S/C32H38FNO5/c1-31(14-5-4-6-15-31)24-20-26(22-7-10-25(33)11-8-22)34-30(21-24)32(2,37)16-13-27(36)23-9-12-28(39-18-17-35)29(19-23)38-3/h7-12,19-21,35,37H,4-6,13-18H2,1-3H3. The lowest BCUT2D eigenvalue weighted by atomic mass is 9.70. The van der Waals surface area contributed by atoms with Crippen LogP contribution in [0.2, 0.25) is 0 Å². The summed E-state index contributed by atoms with van der Waals surface area (Å²) in [7, 11) is 1.49. The van der Waals surface area contributed by atoms with Crippen molar-refractivity contribution in [3.05, 3.63) is 77.2 Å². The monoisotopic (exact) mass is 535 g/mol. The van der Waals surface area contributed by atoms with Crippen LogP contribution in [0.3, 0.4) is 0 Å². The van der Waals surface area contributed by atoms with Gasteiger partial charge >= 0.3 is 0 Å². The van der Waals surface area contributed by atoms with Crippen LogP contribution in [0.4, 0.5) is 4.39 Å². The average molecular weight is 536 g/mol. The minimum atomic E-state index is -1.36. The molecule has 1 saturated carbocycles. The first kappa shape index (κ1) is 28.7. The van der Waals surface area contributed by atoms with Crippen molar-refractivity contribution in [2.45, 2.75) is 69.8 Å². The van der Waals surface area contributed by atoms with Gasteiger partial charge in [-0.1, -0.05) is 26.2 Å². The van der Waals surface area contributed by atoms with Crippen LogP contribution < -0.4 is 9.47 Å². The van der Waals surface area contributed by atoms with Gasteiger partial charge in [-0.05, 0) is 91.8 Å². The Labute approximate surface area is 229 Å². The van der Waals surface area contributed by atoms with Crippen molar-refractivity contribution < 1.29 is 28.9 Å². The van der Waals surface area contributed by atoms with E-state index in [9.17, 15) is 14.3 Å². The number of hydrogen-bond donors (Lipinski definition) is 2. The Kier molecular flexibility index (Phi) is 9.03. The second-order valence-corrected chi connectivity index (χ2v) is 10.9. The molecule has 2 aromatic carbocycles. The van der Waals surface area contributed by atoms with Crippen LogP contribution in [0.5, 0.6) is 11.5 Å². The highest BCUT2D eigenvalue weighted by atomic mass is 19.1. The van der Waals surface area contributed by atoms with E-state index in [1.807, 2.05) is 6.07 Å². The molecule has 0 spiro atoms. The highest BCUT2D eigenvalue weighted by Gasteiger charge is 2.33. The van der Waals surface area contributed by atoms with Gasteiger partial charge in [0.05, 0.1) is 25.1 Å². The summed E-state index contributed by atoms with van der Waals surface area (Å²) in [6, 6.07) is 15.2. The third kappa shape index (κ3) is 6.84. The summed E-state index contributed by atoms with van der Waals surface area (Å²) in [4.78, 5) is 17.9. The lowest BCUT2D eigenvalue weighted by molar-refractivity contribution is 0.0396. The normalized spacial score (nSPS) is 16.4. The summed E-state index contributed by atoms with van der Waals surface area (Å²) in [6.07, 6.45) is 5.91. The van der Waals surface area contributed by atoms with Gasteiger partial charge in [-0.15, -0.1) is 0 Å². The largest absolute Gasteiger partial charge is 0.493 e. The van der Waals surface area contributed by atoms with Crippen molar-refractivity contribution in [1.82, 2.24) is 4.98 Å². The highest BCUT2D eigenvalue weighted by Crippen LogP contribution is 2.41. The van der Waals surface area contributed by atoms with Crippen LogP contribution in [0.15, 0.2) is 54.6 Å². The zero-order valence-corrected chi connectivity index (χ0v) is 23.0. The lowest BCUT2D eigenvalue weighted by Crippen LogP contribution is -2.28. The number of carbonyl (C=O) groups is 1. The molecule has 0 bridgehead atoms. The summed E-state index contributed by atoms with van der Waals surface area (Å²) in [6.45, 7) is 3.95. The van der Waals surface area contributed by atoms with E-state index in [4.69, 9.17) is 19.6 Å². The first-order valence-electron chi connectivity index (χ1n) is 13.6. The highest BCUT2D eigenvalue weighted by molar-refractivity contribution is 5.96. The number of aliphatic hydroxyl groups excluding tert-OH is 1. The smallest absolute Gasteiger partial charge is 0.163 e. The van der Waals surface area contributed by atoms with Crippen molar-refractivity contribution >= 4 is 5.78 Å². The van der Waals surface area contributed by atoms with Gasteiger partial charge in [0.1, 0.15) is 18.0 Å². The van der Waals surface area contributed by atoms with E-state index < -0.39 is 5.60 Å². The fourth-order valence-electron chi connectivity index (χ4n) is 5.29. The molecule has 1 aliphatic carbocycles. The Morgan fingerprint density at radius 3 is 2.44 bits per heavy atom. The van der Waals surface area contributed by atoms with E-state index in [-0.39, 0.29) is 43.1 Å². The predicted molar refractivity (Wildman–Crippen MR) is 149 cm³/mol. The maximum Gasteiger partial charge on any atom is 0.163 e. The van der Waals surface area contributed by atoms with E-state index in [2.05, 4.69) is 13.0 Å². The van der Waals surface area contributed by atoms with Crippen LogP contribution in [0.1, 0.15) is 80.4 Å². The van der Waals surface area contributed by atoms with Crippen molar-refractivity contribution in [1.29, 1.82) is 0 Å².